The van der Waals surface area contributed by atoms with Crippen molar-refractivity contribution in [3.05, 3.63) is 77.6 Å². The van der Waals surface area contributed by atoms with E-state index in [0.29, 0.717) is 23.6 Å². The van der Waals surface area contributed by atoms with E-state index in [4.69, 9.17) is 0 Å². The summed E-state index contributed by atoms with van der Waals surface area (Å²) < 4.78 is 16.2. The van der Waals surface area contributed by atoms with E-state index < -0.39 is 5.92 Å². The van der Waals surface area contributed by atoms with Crippen molar-refractivity contribution in [3.8, 4) is 5.69 Å². The molecule has 0 saturated carbocycles. The van der Waals surface area contributed by atoms with Crippen molar-refractivity contribution in [2.45, 2.75) is 33.2 Å². The Morgan fingerprint density at radius 1 is 1.23 bits per heavy atom. The highest BCUT2D eigenvalue weighted by Crippen LogP contribution is 2.28. The second-order valence-electron chi connectivity index (χ2n) is 7.74. The van der Waals surface area contributed by atoms with Gasteiger partial charge in [-0.2, -0.15) is 0 Å². The van der Waals surface area contributed by atoms with E-state index in [-0.39, 0.29) is 30.6 Å². The Bertz CT molecular complexity index is 1120. The maximum Gasteiger partial charge on any atom is 0.227 e. The van der Waals surface area contributed by atoms with Crippen LogP contribution in [-0.2, 0) is 22.6 Å². The van der Waals surface area contributed by atoms with E-state index in [2.05, 4.69) is 10.3 Å². The third-order valence-electron chi connectivity index (χ3n) is 5.72. The third-order valence-corrected chi connectivity index (χ3v) is 5.72. The average Bonchev–Trinajstić information content (AvgIpc) is 3.37. The monoisotopic (exact) mass is 420 g/mol. The van der Waals surface area contributed by atoms with Crippen LogP contribution in [0.1, 0.15) is 30.3 Å². The molecule has 1 aromatic heterocycles. The van der Waals surface area contributed by atoms with Gasteiger partial charge in [-0.25, -0.2) is 9.37 Å². The Morgan fingerprint density at radius 2 is 2.03 bits per heavy atom. The first-order chi connectivity index (χ1) is 15.0. The predicted molar refractivity (Wildman–Crippen MR) is 116 cm³/mol. The zero-order valence-corrected chi connectivity index (χ0v) is 17.6. The molecule has 1 N–H and O–H groups in total. The number of hydrogen-bond donors (Lipinski definition) is 1. The molecule has 6 nitrogen and oxygen atoms in total. The summed E-state index contributed by atoms with van der Waals surface area (Å²) in [5.41, 5.74) is 3.03. The third kappa shape index (κ3) is 4.21. The van der Waals surface area contributed by atoms with Gasteiger partial charge in [0.05, 0.1) is 11.6 Å². The van der Waals surface area contributed by atoms with Crippen molar-refractivity contribution in [3.63, 3.8) is 0 Å². The summed E-state index contributed by atoms with van der Waals surface area (Å²) >= 11 is 0. The average molecular weight is 420 g/mol. The topological polar surface area (TPSA) is 67.2 Å². The van der Waals surface area contributed by atoms with Crippen LogP contribution in [0.2, 0.25) is 0 Å². The fourth-order valence-corrected chi connectivity index (χ4v) is 4.01. The Kier molecular flexibility index (Phi) is 5.84. The molecule has 1 fully saturated rings. The van der Waals surface area contributed by atoms with E-state index in [9.17, 15) is 14.0 Å². The minimum Gasteiger partial charge on any atom is -0.352 e. The van der Waals surface area contributed by atoms with E-state index in [0.717, 1.165) is 17.7 Å². The van der Waals surface area contributed by atoms with Crippen molar-refractivity contribution in [2.24, 2.45) is 5.92 Å². The summed E-state index contributed by atoms with van der Waals surface area (Å²) in [6, 6.07) is 12.6. The Labute approximate surface area is 180 Å². The smallest absolute Gasteiger partial charge is 0.227 e. The van der Waals surface area contributed by atoms with Gasteiger partial charge < -0.3 is 14.8 Å². The quantitative estimate of drug-likeness (QED) is 0.663. The first-order valence-electron chi connectivity index (χ1n) is 10.4. The molecule has 0 radical (unpaired) electrons. The normalized spacial score (nSPS) is 16.0. The second kappa shape index (κ2) is 8.71. The molecular formula is C24H25FN4O2. The molecule has 2 heterocycles. The van der Waals surface area contributed by atoms with Gasteiger partial charge in [-0.15, -0.1) is 0 Å². The minimum absolute atomic E-state index is 0.0489. The summed E-state index contributed by atoms with van der Waals surface area (Å²) in [4.78, 5) is 31.0. The standard InChI is InChI=1S/C24H25FN4O2/c1-3-18-6-4-5-7-21(18)29-15-19(13-23(29)30)24(31)27-14-17-8-9-22(20(25)12-17)28-11-10-26-16(28)2/h4-12,19H,3,13-15H2,1-2H3,(H,27,31). The summed E-state index contributed by atoms with van der Waals surface area (Å²) in [5.74, 6) is -0.353. The first kappa shape index (κ1) is 20.8. The Balaban J connectivity index is 1.40. The second-order valence-corrected chi connectivity index (χ2v) is 7.74. The molecule has 1 atom stereocenters. The van der Waals surface area contributed by atoms with Gasteiger partial charge in [0.25, 0.3) is 0 Å². The highest BCUT2D eigenvalue weighted by molar-refractivity contribution is 6.00. The van der Waals surface area contributed by atoms with Gasteiger partial charge in [-0.3, -0.25) is 9.59 Å². The van der Waals surface area contributed by atoms with E-state index in [1.54, 1.807) is 40.9 Å². The van der Waals surface area contributed by atoms with E-state index in [1.165, 1.54) is 6.07 Å². The lowest BCUT2D eigenvalue weighted by Gasteiger charge is -2.20. The summed E-state index contributed by atoms with van der Waals surface area (Å²) in [6.45, 7) is 4.41. The first-order valence-corrected chi connectivity index (χ1v) is 10.4. The number of amides is 2. The van der Waals surface area contributed by atoms with Gasteiger partial charge >= 0.3 is 0 Å². The van der Waals surface area contributed by atoms with Gasteiger partial charge in [0.1, 0.15) is 11.6 Å². The molecule has 0 spiro atoms. The van der Waals surface area contributed by atoms with Crippen LogP contribution in [0.5, 0.6) is 0 Å². The molecule has 2 aromatic carbocycles. The van der Waals surface area contributed by atoms with Gasteiger partial charge in [0, 0.05) is 37.6 Å². The molecule has 3 aromatic rings. The number of nitrogens with one attached hydrogen (secondary N) is 1. The molecule has 0 bridgehead atoms. The lowest BCUT2D eigenvalue weighted by molar-refractivity contribution is -0.126. The lowest BCUT2D eigenvalue weighted by Crippen LogP contribution is -2.32. The van der Waals surface area contributed by atoms with Crippen molar-refractivity contribution in [1.29, 1.82) is 0 Å². The van der Waals surface area contributed by atoms with Crippen molar-refractivity contribution >= 4 is 17.5 Å². The molecule has 160 valence electrons. The van der Waals surface area contributed by atoms with E-state index in [1.807, 2.05) is 31.2 Å². The molecule has 1 aliphatic heterocycles. The van der Waals surface area contributed by atoms with Crippen molar-refractivity contribution in [1.82, 2.24) is 14.9 Å². The Hall–Kier alpha value is -3.48. The highest BCUT2D eigenvalue weighted by atomic mass is 19.1. The van der Waals surface area contributed by atoms with Crippen LogP contribution in [-0.4, -0.2) is 27.9 Å². The van der Waals surface area contributed by atoms with Crippen LogP contribution in [0, 0.1) is 18.7 Å². The number of imidazole rings is 1. The van der Waals surface area contributed by atoms with Crippen LogP contribution in [0.15, 0.2) is 54.9 Å². The number of rotatable bonds is 6. The molecular weight excluding hydrogens is 395 g/mol. The fourth-order valence-electron chi connectivity index (χ4n) is 4.01. The molecule has 7 heteroatoms. The highest BCUT2D eigenvalue weighted by Gasteiger charge is 2.35. The zero-order valence-electron chi connectivity index (χ0n) is 17.6. The van der Waals surface area contributed by atoms with Crippen LogP contribution in [0.4, 0.5) is 10.1 Å². The van der Waals surface area contributed by atoms with Crippen LogP contribution in [0.3, 0.4) is 0 Å². The maximum atomic E-state index is 14.6. The minimum atomic E-state index is -0.421. The summed E-state index contributed by atoms with van der Waals surface area (Å²) in [6.07, 6.45) is 4.32. The summed E-state index contributed by atoms with van der Waals surface area (Å²) in [5, 5.41) is 2.85. The van der Waals surface area contributed by atoms with Crippen LogP contribution >= 0.6 is 0 Å². The van der Waals surface area contributed by atoms with Crippen molar-refractivity contribution in [2.75, 3.05) is 11.4 Å². The van der Waals surface area contributed by atoms with Crippen LogP contribution < -0.4 is 10.2 Å². The molecule has 2 amide bonds. The molecule has 1 unspecified atom stereocenters. The number of halogens is 1. The van der Waals surface area contributed by atoms with Crippen molar-refractivity contribution < 1.29 is 14.0 Å². The number of aryl methyl sites for hydroxylation is 2. The number of aromatic nitrogens is 2. The number of para-hydroxylation sites is 1. The van der Waals surface area contributed by atoms with Gasteiger partial charge in [-0.05, 0) is 42.7 Å². The maximum absolute atomic E-state index is 14.6. The van der Waals surface area contributed by atoms with Gasteiger partial charge in [0.15, 0.2) is 0 Å². The lowest BCUT2D eigenvalue weighted by atomic mass is 10.1. The number of carbonyl (C=O) groups excluding carboxylic acids is 2. The fraction of sp³-hybridized carbons (Fsp3) is 0.292. The number of anilines is 1. The molecule has 1 saturated heterocycles. The molecule has 1 aliphatic rings. The number of hydrogen-bond acceptors (Lipinski definition) is 3. The SMILES string of the molecule is CCc1ccccc1N1CC(C(=O)NCc2ccc(-n3ccnc3C)c(F)c2)CC1=O. The largest absolute Gasteiger partial charge is 0.352 e. The molecule has 4 rings (SSSR count). The molecule has 0 aliphatic carbocycles. The zero-order chi connectivity index (χ0) is 22.0. The van der Waals surface area contributed by atoms with Gasteiger partial charge in [-0.1, -0.05) is 31.2 Å². The molecule has 31 heavy (non-hydrogen) atoms. The number of benzene rings is 2. The Morgan fingerprint density at radius 3 is 2.74 bits per heavy atom. The van der Waals surface area contributed by atoms with Gasteiger partial charge in [0.2, 0.25) is 11.8 Å². The van der Waals surface area contributed by atoms with E-state index >= 15 is 0 Å². The summed E-state index contributed by atoms with van der Waals surface area (Å²) in [7, 11) is 0. The van der Waals surface area contributed by atoms with Crippen LogP contribution in [0.25, 0.3) is 5.69 Å². The number of carbonyl (C=O) groups is 2. The predicted octanol–water partition coefficient (Wildman–Crippen LogP) is 3.55. The number of nitrogens with zero attached hydrogens (tertiary/aromatic N) is 3.